The van der Waals surface area contributed by atoms with Gasteiger partial charge in [0.25, 0.3) is 0 Å². The van der Waals surface area contributed by atoms with Gasteiger partial charge in [0.2, 0.25) is 0 Å². The van der Waals surface area contributed by atoms with Gasteiger partial charge in [-0.2, -0.15) is 0 Å². The molecular weight excluding hydrogens is 1670 g/mol. The predicted molar refractivity (Wildman–Crippen MR) is 580 cm³/mol. The van der Waals surface area contributed by atoms with Crippen molar-refractivity contribution >= 4 is 133 Å². The van der Waals surface area contributed by atoms with Crippen LogP contribution in [0.2, 0.25) is 0 Å². The van der Waals surface area contributed by atoms with Crippen molar-refractivity contribution in [3.63, 3.8) is 0 Å². The van der Waals surface area contributed by atoms with Crippen LogP contribution in [-0.4, -0.2) is 0 Å². The summed E-state index contributed by atoms with van der Waals surface area (Å²) in [6.45, 7) is 0. The molecule has 0 saturated carbocycles. The summed E-state index contributed by atoms with van der Waals surface area (Å²) in [5, 5.41) is 13.9. The fourth-order valence-electron chi connectivity index (χ4n) is 20.8. The SMILES string of the molecule is c1ccc(-c2ccc3c(N(c4ccccc4)c4ccccc4)cc4c5cc(-c6ccccc6)cc6c5c(cc4c3c2)-c2ccc(N(c3ccccc3)c3ccccc3)cc2O6)cc1.c1ccc(-c2ccc3c(N(c4ccccc4)c4ccccc4-c4ccccc4)cc4c5cc(-c6ccccc6)cc6c5c(cc4c3c2)-c2ccc(N(c3ccccc3)c3ccccc3-c3ccccc3)cc2O6)cc1. The zero-order valence-corrected chi connectivity index (χ0v) is 75.4. The predicted octanol–water partition coefficient (Wildman–Crippen LogP) is 37.7. The molecule has 0 fully saturated rings. The molecule has 0 aliphatic carbocycles. The van der Waals surface area contributed by atoms with Gasteiger partial charge < -0.3 is 29.1 Å². The monoisotopic (exact) mass is 1760 g/mol. The number of benzene rings is 24. The van der Waals surface area contributed by atoms with E-state index in [-0.39, 0.29) is 0 Å². The van der Waals surface area contributed by atoms with Gasteiger partial charge in [-0.25, -0.2) is 0 Å². The van der Waals surface area contributed by atoms with Gasteiger partial charge in [0.15, 0.2) is 0 Å². The van der Waals surface area contributed by atoms with E-state index in [1.165, 1.54) is 49.0 Å². The van der Waals surface area contributed by atoms with Crippen molar-refractivity contribution in [1.82, 2.24) is 0 Å². The number of anilines is 12. The second kappa shape index (κ2) is 35.3. The Morgan fingerprint density at radius 3 is 0.739 bits per heavy atom. The maximum absolute atomic E-state index is 7.35. The van der Waals surface area contributed by atoms with Crippen LogP contribution in [0, 0.1) is 0 Å². The van der Waals surface area contributed by atoms with E-state index in [9.17, 15) is 0 Å². The fraction of sp³-hybridized carbons (Fsp3) is 0. The van der Waals surface area contributed by atoms with Gasteiger partial charge >= 0.3 is 0 Å². The maximum atomic E-state index is 7.35. The highest BCUT2D eigenvalue weighted by Gasteiger charge is 2.32. The molecule has 648 valence electrons. The van der Waals surface area contributed by atoms with Gasteiger partial charge in [-0.1, -0.05) is 352 Å². The van der Waals surface area contributed by atoms with E-state index in [0.717, 1.165) is 196 Å². The van der Waals surface area contributed by atoms with Crippen LogP contribution in [0.4, 0.5) is 68.2 Å². The lowest BCUT2D eigenvalue weighted by Gasteiger charge is -2.31. The summed E-state index contributed by atoms with van der Waals surface area (Å²) in [5.74, 6) is 3.31. The molecule has 138 heavy (non-hydrogen) atoms. The molecule has 0 N–H and O–H groups in total. The molecule has 0 radical (unpaired) electrons. The normalized spacial score (nSPS) is 11.6. The van der Waals surface area contributed by atoms with Crippen molar-refractivity contribution in [3.05, 3.63) is 534 Å². The summed E-state index contributed by atoms with van der Waals surface area (Å²) >= 11 is 0. The minimum Gasteiger partial charge on any atom is -0.456 e. The van der Waals surface area contributed by atoms with Crippen molar-refractivity contribution in [2.45, 2.75) is 0 Å². The molecule has 24 aromatic rings. The standard InChI is InChI=1S/C72H48N2O.C60H40N2O/c1-7-23-49(24-8-1)53-39-41-60-62(43-53)63-47-66-61-42-40-57(73(55-31-15-5-16-32-55)67-37-21-19-35-58(67)51-27-11-3-12-28-51)46-70(61)75-71-45-54(50-25-9-2-10-26-50)44-65(72(66)71)64(63)48-69(60)74(56-33-17-6-18-34-56)68-38-22-20-36-59(68)52-29-13-4-14-30-52;1-7-19-41(20-8-1)43-31-33-50-52(35-43)53-39-56-51-34-32-49(61(45-23-11-3-12-24-45)46-25-13-4-14-26-46)38-58(51)63-59-37-44(42-21-9-2-10-22-42)36-55(60(56)59)54(53)40-57(50)62(47-27-15-5-16-28-47)48-29-17-6-18-30-48/h1-48H;1-40H. The van der Waals surface area contributed by atoms with Crippen LogP contribution in [0.5, 0.6) is 23.0 Å². The van der Waals surface area contributed by atoms with Crippen LogP contribution in [0.15, 0.2) is 534 Å². The molecule has 2 aliphatic rings. The minimum atomic E-state index is 0.808. The Hall–Kier alpha value is -18.4. The summed E-state index contributed by atoms with van der Waals surface area (Å²) < 4.78 is 14.5. The van der Waals surface area contributed by atoms with Crippen molar-refractivity contribution in [3.8, 4) is 112 Å². The van der Waals surface area contributed by atoms with Crippen molar-refractivity contribution in [1.29, 1.82) is 0 Å². The first-order valence-corrected chi connectivity index (χ1v) is 47.2. The van der Waals surface area contributed by atoms with Gasteiger partial charge in [0, 0.05) is 101 Å². The fourth-order valence-corrected chi connectivity index (χ4v) is 20.8. The summed E-state index contributed by atoms with van der Waals surface area (Å²) in [7, 11) is 0. The lowest BCUT2D eigenvalue weighted by Crippen LogP contribution is -2.12. The molecule has 0 atom stereocenters. The van der Waals surface area contributed by atoms with Crippen LogP contribution >= 0.6 is 0 Å². The summed E-state index contributed by atoms with van der Waals surface area (Å²) in [6, 6.07) is 192. The molecule has 2 aliphatic heterocycles. The lowest BCUT2D eigenvalue weighted by atomic mass is 9.86. The van der Waals surface area contributed by atoms with Gasteiger partial charge in [0.1, 0.15) is 23.0 Å². The first-order valence-electron chi connectivity index (χ1n) is 47.2. The zero-order valence-electron chi connectivity index (χ0n) is 75.4. The topological polar surface area (TPSA) is 31.4 Å². The van der Waals surface area contributed by atoms with Crippen LogP contribution in [0.3, 0.4) is 0 Å². The second-order valence-electron chi connectivity index (χ2n) is 35.3. The number of rotatable bonds is 18. The number of nitrogens with zero attached hydrogens (tertiary/aromatic N) is 4. The summed E-state index contributed by atoms with van der Waals surface area (Å²) in [6.07, 6.45) is 0. The van der Waals surface area contributed by atoms with E-state index in [1.807, 2.05) is 0 Å². The number of hydrogen-bond acceptors (Lipinski definition) is 6. The molecule has 0 bridgehead atoms. The van der Waals surface area contributed by atoms with E-state index < -0.39 is 0 Å². The lowest BCUT2D eigenvalue weighted by molar-refractivity contribution is 0.487. The van der Waals surface area contributed by atoms with Crippen molar-refractivity contribution in [2.75, 3.05) is 19.6 Å². The molecule has 6 heteroatoms. The number of para-hydroxylation sites is 8. The first kappa shape index (κ1) is 81.6. The summed E-state index contributed by atoms with van der Waals surface area (Å²) in [4.78, 5) is 9.51. The van der Waals surface area contributed by atoms with Crippen LogP contribution in [-0.2, 0) is 0 Å². The number of fused-ring (bicyclic) bond motifs is 12. The third-order valence-electron chi connectivity index (χ3n) is 27.1. The quantitative estimate of drug-likeness (QED) is 0.0796. The molecule has 0 amide bonds. The Bertz CT molecular complexity index is 8630. The highest BCUT2D eigenvalue weighted by Crippen LogP contribution is 2.59. The van der Waals surface area contributed by atoms with Crippen molar-refractivity contribution in [2.24, 2.45) is 0 Å². The van der Waals surface area contributed by atoms with E-state index in [1.54, 1.807) is 0 Å². The largest absolute Gasteiger partial charge is 0.456 e. The molecule has 0 aromatic heterocycles. The molecule has 0 saturated heterocycles. The molecule has 26 rings (SSSR count). The van der Waals surface area contributed by atoms with Crippen LogP contribution < -0.4 is 29.1 Å². The Balaban J connectivity index is 0.000000149. The zero-order chi connectivity index (χ0) is 91.4. The highest BCUT2D eigenvalue weighted by atomic mass is 16.5. The van der Waals surface area contributed by atoms with Crippen LogP contribution in [0.25, 0.3) is 154 Å². The molecule has 0 spiro atoms. The Labute approximate surface area is 802 Å². The van der Waals surface area contributed by atoms with Gasteiger partial charge in [0.05, 0.1) is 22.7 Å². The third-order valence-corrected chi connectivity index (χ3v) is 27.1. The average Bonchev–Trinajstić information content (AvgIpc) is 0.710. The van der Waals surface area contributed by atoms with E-state index >= 15 is 0 Å². The molecule has 0 unspecified atom stereocenters. The molecular formula is C132H88N4O2. The average molecular weight is 1760 g/mol. The van der Waals surface area contributed by atoms with E-state index in [4.69, 9.17) is 9.47 Å². The summed E-state index contributed by atoms with van der Waals surface area (Å²) in [5.41, 5.74) is 31.1. The van der Waals surface area contributed by atoms with E-state index in [0.29, 0.717) is 0 Å². The van der Waals surface area contributed by atoms with E-state index in [2.05, 4.69) is 553 Å². The highest BCUT2D eigenvalue weighted by molar-refractivity contribution is 6.29. The molecule has 2 heterocycles. The smallest absolute Gasteiger partial charge is 0.137 e. The van der Waals surface area contributed by atoms with Gasteiger partial charge in [-0.3, -0.25) is 0 Å². The second-order valence-corrected chi connectivity index (χ2v) is 35.3. The Kier molecular flexibility index (Phi) is 20.9. The Morgan fingerprint density at radius 2 is 0.377 bits per heavy atom. The van der Waals surface area contributed by atoms with Gasteiger partial charge in [-0.05, 0) is 280 Å². The maximum Gasteiger partial charge on any atom is 0.137 e. The first-order chi connectivity index (χ1) is 68.5. The third kappa shape index (κ3) is 14.9. The van der Waals surface area contributed by atoms with Crippen molar-refractivity contribution < 1.29 is 9.47 Å². The number of ether oxygens (including phenoxy) is 2. The molecule has 24 aromatic carbocycles. The minimum absolute atomic E-state index is 0.808. The Morgan fingerprint density at radius 1 is 0.116 bits per heavy atom. The van der Waals surface area contributed by atoms with Gasteiger partial charge in [-0.15, -0.1) is 0 Å². The number of hydrogen-bond donors (Lipinski definition) is 0. The van der Waals surface area contributed by atoms with Crippen LogP contribution in [0.1, 0.15) is 0 Å². The molecule has 6 nitrogen and oxygen atoms in total.